The number of carbonyl (C=O) groups is 2. The standard InChI is InChI=1S/C32H40N4O7/c1-3-41-29-13-22(32(39)36-24-7-8-25(36)17-40-16-24)6-11-28(29)31(38)34-15-26(37)9-4-21-5-10-27(12-23(21)14-33)42-18-30-20(2)35-19-43-30/h5-6,10-13,19,24-26,37H,3-4,7-9,14-18,33H2,1-2H3,(H,34,38)/t24?,25?,26-/m0/s1. The number of aliphatic hydroxyl groups is 1. The average Bonchev–Trinajstić information content (AvgIpc) is 3.55. The van der Waals surface area contributed by atoms with E-state index in [4.69, 9.17) is 24.4 Å². The number of aromatic nitrogens is 1. The molecule has 11 heteroatoms. The summed E-state index contributed by atoms with van der Waals surface area (Å²) in [6.07, 6.45) is 3.51. The van der Waals surface area contributed by atoms with E-state index in [2.05, 4.69) is 10.3 Å². The zero-order valence-electron chi connectivity index (χ0n) is 24.7. The summed E-state index contributed by atoms with van der Waals surface area (Å²) < 4.78 is 22.5. The summed E-state index contributed by atoms with van der Waals surface area (Å²) >= 11 is 0. The van der Waals surface area contributed by atoms with Crippen LogP contribution in [0.15, 0.2) is 47.2 Å². The van der Waals surface area contributed by atoms with Gasteiger partial charge >= 0.3 is 0 Å². The smallest absolute Gasteiger partial charge is 0.255 e. The number of benzene rings is 2. The van der Waals surface area contributed by atoms with Crippen LogP contribution >= 0.6 is 0 Å². The summed E-state index contributed by atoms with van der Waals surface area (Å²) in [6, 6.07) is 10.8. The van der Waals surface area contributed by atoms with Gasteiger partial charge < -0.3 is 39.7 Å². The Morgan fingerprint density at radius 1 is 1.14 bits per heavy atom. The maximum absolute atomic E-state index is 13.3. The van der Waals surface area contributed by atoms with Crippen molar-refractivity contribution in [2.24, 2.45) is 5.73 Å². The summed E-state index contributed by atoms with van der Waals surface area (Å²) in [4.78, 5) is 32.4. The van der Waals surface area contributed by atoms with Gasteiger partial charge in [0.05, 0.1) is 49.3 Å². The number of amides is 2. The van der Waals surface area contributed by atoms with Crippen LogP contribution in [0.4, 0.5) is 0 Å². The zero-order valence-corrected chi connectivity index (χ0v) is 24.7. The van der Waals surface area contributed by atoms with E-state index >= 15 is 0 Å². The fourth-order valence-corrected chi connectivity index (χ4v) is 5.70. The number of aryl methyl sites for hydroxylation is 2. The molecule has 4 N–H and O–H groups in total. The van der Waals surface area contributed by atoms with Crippen LogP contribution in [0, 0.1) is 6.92 Å². The van der Waals surface area contributed by atoms with E-state index in [0.29, 0.717) is 67.6 Å². The Kier molecular flexibility index (Phi) is 9.96. The van der Waals surface area contributed by atoms with Crippen molar-refractivity contribution in [3.63, 3.8) is 0 Å². The van der Waals surface area contributed by atoms with Crippen LogP contribution in [0.2, 0.25) is 0 Å². The molecule has 2 unspecified atom stereocenters. The lowest BCUT2D eigenvalue weighted by molar-refractivity contribution is -0.00717. The quantitative estimate of drug-likeness (QED) is 0.272. The monoisotopic (exact) mass is 592 g/mol. The number of nitrogens with zero attached hydrogens (tertiary/aromatic N) is 2. The summed E-state index contributed by atoms with van der Waals surface area (Å²) in [5.41, 5.74) is 9.50. The van der Waals surface area contributed by atoms with Gasteiger partial charge in [-0.15, -0.1) is 0 Å². The van der Waals surface area contributed by atoms with E-state index in [1.165, 1.54) is 6.39 Å². The maximum atomic E-state index is 13.3. The average molecular weight is 593 g/mol. The molecular weight excluding hydrogens is 552 g/mol. The minimum Gasteiger partial charge on any atom is -0.493 e. The molecule has 2 fully saturated rings. The molecule has 0 aliphatic carbocycles. The number of ether oxygens (including phenoxy) is 3. The van der Waals surface area contributed by atoms with Crippen LogP contribution in [-0.2, 0) is 24.3 Å². The highest BCUT2D eigenvalue weighted by molar-refractivity contribution is 6.00. The van der Waals surface area contributed by atoms with Gasteiger partial charge in [-0.25, -0.2) is 4.98 Å². The normalized spacial score (nSPS) is 18.4. The fraction of sp³-hybridized carbons (Fsp3) is 0.469. The molecule has 2 aliphatic rings. The maximum Gasteiger partial charge on any atom is 0.255 e. The molecule has 3 aromatic rings. The first-order valence-corrected chi connectivity index (χ1v) is 14.8. The molecule has 230 valence electrons. The Labute approximate surface area is 251 Å². The Morgan fingerprint density at radius 3 is 2.63 bits per heavy atom. The van der Waals surface area contributed by atoms with Crippen LogP contribution in [0.1, 0.15) is 69.5 Å². The first kappa shape index (κ1) is 30.5. The number of nitrogens with two attached hydrogens (primary N) is 1. The lowest BCUT2D eigenvalue weighted by atomic mass is 10.0. The molecule has 2 aliphatic heterocycles. The summed E-state index contributed by atoms with van der Waals surface area (Å²) in [7, 11) is 0. The van der Waals surface area contributed by atoms with Crippen molar-refractivity contribution in [3.8, 4) is 11.5 Å². The minimum absolute atomic E-state index is 0.0674. The molecule has 11 nitrogen and oxygen atoms in total. The van der Waals surface area contributed by atoms with Crippen molar-refractivity contribution in [2.75, 3.05) is 26.4 Å². The Hall–Kier alpha value is -3.93. The van der Waals surface area contributed by atoms with Crippen LogP contribution < -0.4 is 20.5 Å². The van der Waals surface area contributed by atoms with Gasteiger partial charge in [-0.2, -0.15) is 0 Å². The molecule has 5 rings (SSSR count). The highest BCUT2D eigenvalue weighted by atomic mass is 16.5. The van der Waals surface area contributed by atoms with Gasteiger partial charge in [-0.3, -0.25) is 9.59 Å². The second-order valence-corrected chi connectivity index (χ2v) is 11.0. The summed E-state index contributed by atoms with van der Waals surface area (Å²) in [6.45, 7) is 5.80. The minimum atomic E-state index is -0.770. The van der Waals surface area contributed by atoms with E-state index in [9.17, 15) is 14.7 Å². The van der Waals surface area contributed by atoms with Crippen LogP contribution in [0.5, 0.6) is 11.5 Å². The molecule has 2 amide bonds. The van der Waals surface area contributed by atoms with E-state index < -0.39 is 6.10 Å². The molecule has 0 saturated carbocycles. The van der Waals surface area contributed by atoms with Crippen molar-refractivity contribution in [2.45, 2.75) is 70.9 Å². The van der Waals surface area contributed by atoms with Gasteiger partial charge in [-0.05, 0) is 81.0 Å². The van der Waals surface area contributed by atoms with Crippen molar-refractivity contribution in [3.05, 3.63) is 76.5 Å². The van der Waals surface area contributed by atoms with Crippen LogP contribution in [0.25, 0.3) is 0 Å². The first-order chi connectivity index (χ1) is 20.9. The van der Waals surface area contributed by atoms with Crippen LogP contribution in [0.3, 0.4) is 0 Å². The number of hydrogen-bond donors (Lipinski definition) is 3. The second-order valence-electron chi connectivity index (χ2n) is 11.0. The Morgan fingerprint density at radius 2 is 1.93 bits per heavy atom. The molecule has 0 spiro atoms. The van der Waals surface area contributed by atoms with Gasteiger partial charge in [0, 0.05) is 18.7 Å². The Balaban J connectivity index is 1.14. The number of aliphatic hydroxyl groups excluding tert-OH is 1. The number of nitrogens with one attached hydrogen (secondary N) is 1. The molecule has 43 heavy (non-hydrogen) atoms. The molecule has 2 aromatic carbocycles. The topological polar surface area (TPSA) is 149 Å². The molecule has 1 aromatic heterocycles. The highest BCUT2D eigenvalue weighted by Gasteiger charge is 2.40. The van der Waals surface area contributed by atoms with E-state index in [1.54, 1.807) is 18.2 Å². The molecule has 2 saturated heterocycles. The van der Waals surface area contributed by atoms with E-state index in [0.717, 1.165) is 29.7 Å². The Bertz CT molecular complexity index is 1410. The lowest BCUT2D eigenvalue weighted by Crippen LogP contribution is -2.49. The number of fused-ring (bicyclic) bond motifs is 2. The third-order valence-corrected chi connectivity index (χ3v) is 8.11. The van der Waals surface area contributed by atoms with Crippen molar-refractivity contribution < 1.29 is 33.3 Å². The SMILES string of the molecule is CCOc1cc(C(=O)N2C3CCC2COC3)ccc1C(=O)NC[C@@H](O)CCc1ccc(OCc2ocnc2C)cc1CN. The molecular formula is C32H40N4O7. The summed E-state index contributed by atoms with van der Waals surface area (Å²) in [5.74, 6) is 1.23. The highest BCUT2D eigenvalue weighted by Crippen LogP contribution is 2.31. The van der Waals surface area contributed by atoms with Gasteiger partial charge in [0.1, 0.15) is 18.1 Å². The third-order valence-electron chi connectivity index (χ3n) is 8.11. The van der Waals surface area contributed by atoms with Crippen molar-refractivity contribution >= 4 is 11.8 Å². The van der Waals surface area contributed by atoms with E-state index in [-0.39, 0.29) is 37.0 Å². The number of rotatable bonds is 13. The fourth-order valence-electron chi connectivity index (χ4n) is 5.70. The third kappa shape index (κ3) is 7.18. The molecule has 3 atom stereocenters. The molecule has 3 heterocycles. The lowest BCUT2D eigenvalue weighted by Gasteiger charge is -2.34. The van der Waals surface area contributed by atoms with Gasteiger partial charge in [-0.1, -0.05) is 6.07 Å². The molecule has 0 radical (unpaired) electrons. The first-order valence-electron chi connectivity index (χ1n) is 14.8. The predicted octanol–water partition coefficient (Wildman–Crippen LogP) is 3.15. The second kappa shape index (κ2) is 14.0. The number of morpholine rings is 1. The number of carbonyl (C=O) groups excluding carboxylic acids is 2. The van der Waals surface area contributed by atoms with Gasteiger partial charge in [0.15, 0.2) is 12.2 Å². The zero-order chi connectivity index (χ0) is 30.3. The predicted molar refractivity (Wildman–Crippen MR) is 158 cm³/mol. The van der Waals surface area contributed by atoms with E-state index in [1.807, 2.05) is 36.9 Å². The number of oxazole rings is 1. The van der Waals surface area contributed by atoms with Crippen molar-refractivity contribution in [1.82, 2.24) is 15.2 Å². The molecule has 2 bridgehead atoms. The van der Waals surface area contributed by atoms with Gasteiger partial charge in [0.2, 0.25) is 0 Å². The van der Waals surface area contributed by atoms with Crippen LogP contribution in [-0.4, -0.2) is 71.4 Å². The number of hydrogen-bond acceptors (Lipinski definition) is 9. The largest absolute Gasteiger partial charge is 0.493 e. The van der Waals surface area contributed by atoms with Gasteiger partial charge in [0.25, 0.3) is 11.8 Å². The summed E-state index contributed by atoms with van der Waals surface area (Å²) in [5, 5.41) is 13.5. The van der Waals surface area contributed by atoms with Crippen molar-refractivity contribution in [1.29, 1.82) is 0 Å².